The summed E-state index contributed by atoms with van der Waals surface area (Å²) in [6.07, 6.45) is 2.21. The van der Waals surface area contributed by atoms with E-state index >= 15 is 0 Å². The van der Waals surface area contributed by atoms with E-state index in [-0.39, 0.29) is 6.04 Å². The number of benzene rings is 1. The standard InChI is InChI=1S/C13H19N5O/c1-3-19-11-6-4-5-10(7-11)12(17-14)8-13-15-9-16-18(13)2/h4-7,9,12,17H,3,8,14H2,1-2H3. The minimum atomic E-state index is -0.0247. The molecule has 1 aromatic carbocycles. The molecule has 0 saturated carbocycles. The van der Waals surface area contributed by atoms with Gasteiger partial charge in [0.2, 0.25) is 0 Å². The average molecular weight is 261 g/mol. The molecule has 102 valence electrons. The van der Waals surface area contributed by atoms with Crippen molar-refractivity contribution in [2.75, 3.05) is 6.61 Å². The molecular weight excluding hydrogens is 242 g/mol. The van der Waals surface area contributed by atoms with Crippen LogP contribution in [0.25, 0.3) is 0 Å². The third-order valence-electron chi connectivity index (χ3n) is 2.96. The Bertz CT molecular complexity index is 525. The molecule has 0 spiro atoms. The Morgan fingerprint density at radius 2 is 2.32 bits per heavy atom. The van der Waals surface area contributed by atoms with Gasteiger partial charge < -0.3 is 4.74 Å². The first-order valence-electron chi connectivity index (χ1n) is 6.26. The summed E-state index contributed by atoms with van der Waals surface area (Å²) < 4.78 is 7.25. The van der Waals surface area contributed by atoms with Crippen molar-refractivity contribution < 1.29 is 4.74 Å². The summed E-state index contributed by atoms with van der Waals surface area (Å²) in [6.45, 7) is 2.61. The van der Waals surface area contributed by atoms with Crippen LogP contribution in [-0.4, -0.2) is 21.4 Å². The summed E-state index contributed by atoms with van der Waals surface area (Å²) in [4.78, 5) is 4.21. The molecule has 0 fully saturated rings. The third-order valence-corrected chi connectivity index (χ3v) is 2.96. The topological polar surface area (TPSA) is 78.0 Å². The minimum Gasteiger partial charge on any atom is -0.494 e. The van der Waals surface area contributed by atoms with Crippen LogP contribution in [0.1, 0.15) is 24.4 Å². The van der Waals surface area contributed by atoms with E-state index in [0.29, 0.717) is 13.0 Å². The molecule has 3 N–H and O–H groups in total. The van der Waals surface area contributed by atoms with E-state index in [0.717, 1.165) is 17.1 Å². The number of hydrogen-bond acceptors (Lipinski definition) is 5. The van der Waals surface area contributed by atoms with Gasteiger partial charge in [-0.2, -0.15) is 5.10 Å². The molecule has 0 saturated heterocycles. The van der Waals surface area contributed by atoms with Crippen LogP contribution < -0.4 is 16.0 Å². The summed E-state index contributed by atoms with van der Waals surface area (Å²) in [5.74, 6) is 7.37. The Labute approximate surface area is 112 Å². The van der Waals surface area contributed by atoms with Crippen LogP contribution >= 0.6 is 0 Å². The molecule has 1 unspecified atom stereocenters. The molecule has 2 aromatic rings. The Hall–Kier alpha value is -1.92. The highest BCUT2D eigenvalue weighted by molar-refractivity contribution is 5.31. The molecule has 0 aliphatic carbocycles. The van der Waals surface area contributed by atoms with Gasteiger partial charge in [-0.15, -0.1) is 0 Å². The molecule has 0 bridgehead atoms. The van der Waals surface area contributed by atoms with Crippen molar-refractivity contribution in [3.8, 4) is 5.75 Å². The first kappa shape index (κ1) is 13.5. The van der Waals surface area contributed by atoms with Gasteiger partial charge in [0.05, 0.1) is 12.6 Å². The van der Waals surface area contributed by atoms with E-state index in [2.05, 4.69) is 15.5 Å². The highest BCUT2D eigenvalue weighted by atomic mass is 16.5. The van der Waals surface area contributed by atoms with E-state index in [9.17, 15) is 0 Å². The van der Waals surface area contributed by atoms with Crippen LogP contribution in [0, 0.1) is 0 Å². The third kappa shape index (κ3) is 3.30. The lowest BCUT2D eigenvalue weighted by Crippen LogP contribution is -2.30. The summed E-state index contributed by atoms with van der Waals surface area (Å²) >= 11 is 0. The zero-order chi connectivity index (χ0) is 13.7. The fourth-order valence-corrected chi connectivity index (χ4v) is 1.95. The Kier molecular flexibility index (Phi) is 4.48. The van der Waals surface area contributed by atoms with Crippen molar-refractivity contribution in [1.29, 1.82) is 0 Å². The predicted molar refractivity (Wildman–Crippen MR) is 72.4 cm³/mol. The Balaban J connectivity index is 2.17. The fourth-order valence-electron chi connectivity index (χ4n) is 1.95. The first-order chi connectivity index (χ1) is 9.24. The molecule has 1 heterocycles. The van der Waals surface area contributed by atoms with Crippen molar-refractivity contribution in [2.24, 2.45) is 12.9 Å². The second-order valence-corrected chi connectivity index (χ2v) is 4.23. The zero-order valence-electron chi connectivity index (χ0n) is 11.2. The number of aromatic nitrogens is 3. The van der Waals surface area contributed by atoms with Gasteiger partial charge in [0.25, 0.3) is 0 Å². The average Bonchev–Trinajstić information content (AvgIpc) is 2.82. The van der Waals surface area contributed by atoms with Crippen LogP contribution in [0.15, 0.2) is 30.6 Å². The number of hydrazine groups is 1. The number of nitrogens with two attached hydrogens (primary N) is 1. The molecule has 6 nitrogen and oxygen atoms in total. The lowest BCUT2D eigenvalue weighted by molar-refractivity contribution is 0.339. The normalized spacial score (nSPS) is 12.4. The van der Waals surface area contributed by atoms with Gasteiger partial charge >= 0.3 is 0 Å². The monoisotopic (exact) mass is 261 g/mol. The molecule has 0 aliphatic rings. The van der Waals surface area contributed by atoms with Gasteiger partial charge in [-0.05, 0) is 24.6 Å². The highest BCUT2D eigenvalue weighted by Gasteiger charge is 2.14. The van der Waals surface area contributed by atoms with E-state index in [4.69, 9.17) is 10.6 Å². The number of ether oxygens (including phenoxy) is 1. The maximum Gasteiger partial charge on any atom is 0.138 e. The van der Waals surface area contributed by atoms with Gasteiger partial charge in [-0.25, -0.2) is 4.98 Å². The number of aryl methyl sites for hydroxylation is 1. The molecule has 0 radical (unpaired) electrons. The van der Waals surface area contributed by atoms with Crippen molar-refractivity contribution in [3.05, 3.63) is 42.0 Å². The predicted octanol–water partition coefficient (Wildman–Crippen LogP) is 0.961. The Morgan fingerprint density at radius 3 is 2.95 bits per heavy atom. The fraction of sp³-hybridized carbons (Fsp3) is 0.385. The molecule has 6 heteroatoms. The van der Waals surface area contributed by atoms with Gasteiger partial charge in [-0.1, -0.05) is 12.1 Å². The van der Waals surface area contributed by atoms with Crippen molar-refractivity contribution >= 4 is 0 Å². The van der Waals surface area contributed by atoms with Crippen LogP contribution in [0.4, 0.5) is 0 Å². The maximum atomic E-state index is 5.65. The molecule has 1 aromatic heterocycles. The molecular formula is C13H19N5O. The molecule has 19 heavy (non-hydrogen) atoms. The van der Waals surface area contributed by atoms with Gasteiger partial charge in [0, 0.05) is 13.5 Å². The number of nitrogens with one attached hydrogen (secondary N) is 1. The molecule has 2 rings (SSSR count). The highest BCUT2D eigenvalue weighted by Crippen LogP contribution is 2.21. The number of rotatable bonds is 6. The summed E-state index contributed by atoms with van der Waals surface area (Å²) in [7, 11) is 1.87. The van der Waals surface area contributed by atoms with Gasteiger partial charge in [-0.3, -0.25) is 16.0 Å². The summed E-state index contributed by atoms with van der Waals surface area (Å²) in [5.41, 5.74) is 3.88. The zero-order valence-corrected chi connectivity index (χ0v) is 11.2. The second kappa shape index (κ2) is 6.31. The lowest BCUT2D eigenvalue weighted by Gasteiger charge is -2.16. The van der Waals surface area contributed by atoms with Crippen LogP contribution in [0.2, 0.25) is 0 Å². The van der Waals surface area contributed by atoms with Crippen molar-refractivity contribution in [2.45, 2.75) is 19.4 Å². The number of hydrogen-bond donors (Lipinski definition) is 2. The lowest BCUT2D eigenvalue weighted by atomic mass is 10.0. The van der Waals surface area contributed by atoms with Crippen LogP contribution in [0.5, 0.6) is 5.75 Å². The Morgan fingerprint density at radius 1 is 1.47 bits per heavy atom. The SMILES string of the molecule is CCOc1cccc(C(Cc2ncnn2C)NN)c1. The van der Waals surface area contributed by atoms with E-state index in [1.807, 2.05) is 38.2 Å². The van der Waals surface area contributed by atoms with E-state index in [1.165, 1.54) is 0 Å². The molecule has 1 atom stereocenters. The second-order valence-electron chi connectivity index (χ2n) is 4.23. The van der Waals surface area contributed by atoms with E-state index in [1.54, 1.807) is 11.0 Å². The van der Waals surface area contributed by atoms with Gasteiger partial charge in [0.1, 0.15) is 17.9 Å². The van der Waals surface area contributed by atoms with Crippen LogP contribution in [-0.2, 0) is 13.5 Å². The smallest absolute Gasteiger partial charge is 0.138 e. The first-order valence-corrected chi connectivity index (χ1v) is 6.26. The van der Waals surface area contributed by atoms with Crippen molar-refractivity contribution in [3.63, 3.8) is 0 Å². The molecule has 0 aliphatic heterocycles. The number of nitrogens with zero attached hydrogens (tertiary/aromatic N) is 3. The quantitative estimate of drug-likeness (QED) is 0.598. The summed E-state index contributed by atoms with van der Waals surface area (Å²) in [5, 5.41) is 4.06. The summed E-state index contributed by atoms with van der Waals surface area (Å²) in [6, 6.07) is 7.88. The molecule has 0 amide bonds. The van der Waals surface area contributed by atoms with Crippen molar-refractivity contribution in [1.82, 2.24) is 20.2 Å². The van der Waals surface area contributed by atoms with E-state index < -0.39 is 0 Å². The van der Waals surface area contributed by atoms with Crippen LogP contribution in [0.3, 0.4) is 0 Å². The largest absolute Gasteiger partial charge is 0.494 e. The minimum absolute atomic E-state index is 0.0247. The van der Waals surface area contributed by atoms with Gasteiger partial charge in [0.15, 0.2) is 0 Å². The maximum absolute atomic E-state index is 5.65.